The number of methoxy groups -OCH3 is 2. The number of fused-ring (bicyclic) bond motifs is 1. The van der Waals surface area contributed by atoms with E-state index in [9.17, 15) is 14.4 Å². The number of allylic oxidation sites excluding steroid dienone is 1. The molecule has 1 unspecified atom stereocenters. The average Bonchev–Trinajstić information content (AvgIpc) is 3.17. The number of esters is 2. The summed E-state index contributed by atoms with van der Waals surface area (Å²) in [6.45, 7) is 3.00. The molecule has 37 heavy (non-hydrogen) atoms. The Hall–Kier alpha value is -4.18. The van der Waals surface area contributed by atoms with Gasteiger partial charge in [-0.3, -0.25) is 14.2 Å². The van der Waals surface area contributed by atoms with Crippen molar-refractivity contribution >= 4 is 35.0 Å². The Bertz CT molecular complexity index is 1580. The fraction of sp³-hybridized carbons (Fsp3) is 0.259. The molecule has 1 aliphatic heterocycles. The summed E-state index contributed by atoms with van der Waals surface area (Å²) in [5.41, 5.74) is 2.88. The van der Waals surface area contributed by atoms with Gasteiger partial charge in [0.05, 0.1) is 36.1 Å². The van der Waals surface area contributed by atoms with Crippen molar-refractivity contribution in [2.24, 2.45) is 4.99 Å². The number of ether oxygens (including phenoxy) is 3. The van der Waals surface area contributed by atoms with Crippen molar-refractivity contribution in [3.63, 3.8) is 0 Å². The van der Waals surface area contributed by atoms with Crippen LogP contribution in [0.5, 0.6) is 11.5 Å². The van der Waals surface area contributed by atoms with Crippen LogP contribution in [0.25, 0.3) is 6.08 Å². The lowest BCUT2D eigenvalue weighted by atomic mass is 9.95. The molecular formula is C27H27N3O6S. The summed E-state index contributed by atoms with van der Waals surface area (Å²) >= 11 is 1.24. The smallest absolute Gasteiger partial charge is 0.338 e. The highest BCUT2D eigenvalue weighted by Gasteiger charge is 2.33. The lowest BCUT2D eigenvalue weighted by molar-refractivity contribution is -0.136. The van der Waals surface area contributed by atoms with Gasteiger partial charge in [0.25, 0.3) is 5.56 Å². The van der Waals surface area contributed by atoms with Gasteiger partial charge in [-0.15, -0.1) is 0 Å². The molecule has 1 aromatic heterocycles. The highest BCUT2D eigenvalue weighted by Crippen LogP contribution is 2.36. The first-order valence-corrected chi connectivity index (χ1v) is 12.2. The second-order valence-electron chi connectivity index (χ2n) is 8.56. The number of thiazole rings is 1. The minimum Gasteiger partial charge on any atom is -0.493 e. The Morgan fingerprint density at radius 3 is 2.38 bits per heavy atom. The third-order valence-corrected chi connectivity index (χ3v) is 6.87. The summed E-state index contributed by atoms with van der Waals surface area (Å²) in [5, 5.41) is 0. The first kappa shape index (κ1) is 25.9. The maximum atomic E-state index is 13.7. The molecule has 2 aromatic carbocycles. The molecular weight excluding hydrogens is 494 g/mol. The van der Waals surface area contributed by atoms with Crippen molar-refractivity contribution in [3.8, 4) is 11.5 Å². The molecule has 0 amide bonds. The van der Waals surface area contributed by atoms with Crippen molar-refractivity contribution in [2.45, 2.75) is 19.9 Å². The normalized spacial score (nSPS) is 15.1. The van der Waals surface area contributed by atoms with E-state index in [4.69, 9.17) is 14.2 Å². The molecule has 3 aromatic rings. The van der Waals surface area contributed by atoms with Gasteiger partial charge in [0.2, 0.25) is 0 Å². The van der Waals surface area contributed by atoms with Crippen LogP contribution in [0.3, 0.4) is 0 Å². The Balaban J connectivity index is 1.91. The number of benzene rings is 2. The van der Waals surface area contributed by atoms with Gasteiger partial charge in [-0.1, -0.05) is 29.5 Å². The van der Waals surface area contributed by atoms with Crippen LogP contribution in [0.1, 0.15) is 31.0 Å². The number of rotatable bonds is 6. The van der Waals surface area contributed by atoms with Crippen LogP contribution < -0.4 is 29.3 Å². The fourth-order valence-corrected chi connectivity index (χ4v) is 5.17. The second-order valence-corrected chi connectivity index (χ2v) is 9.57. The zero-order valence-electron chi connectivity index (χ0n) is 21.4. The van der Waals surface area contributed by atoms with Gasteiger partial charge in [-0.05, 0) is 48.4 Å². The fourth-order valence-electron chi connectivity index (χ4n) is 4.12. The molecule has 0 N–H and O–H groups in total. The third-order valence-electron chi connectivity index (χ3n) is 5.89. The SMILES string of the molecule is COC(=O)C1=C(C)N=c2s/c(=C/c3ccc(N(C)C)cc3)c(=O)n2C1c1ccc(OC(C)=O)c(OC)c1. The summed E-state index contributed by atoms with van der Waals surface area (Å²) in [5.74, 6) is -0.575. The molecule has 0 fully saturated rings. The minimum atomic E-state index is -0.817. The van der Waals surface area contributed by atoms with E-state index in [1.165, 1.54) is 37.0 Å². The molecule has 9 nitrogen and oxygen atoms in total. The minimum absolute atomic E-state index is 0.229. The Labute approximate surface area is 217 Å². The Morgan fingerprint density at radius 1 is 1.08 bits per heavy atom. The van der Waals surface area contributed by atoms with Gasteiger partial charge in [0.1, 0.15) is 0 Å². The predicted octanol–water partition coefficient (Wildman–Crippen LogP) is 2.41. The zero-order valence-corrected chi connectivity index (χ0v) is 22.2. The molecule has 1 aliphatic rings. The van der Waals surface area contributed by atoms with Gasteiger partial charge in [0, 0.05) is 26.7 Å². The van der Waals surface area contributed by atoms with Crippen LogP contribution >= 0.6 is 11.3 Å². The van der Waals surface area contributed by atoms with E-state index in [2.05, 4.69) is 4.99 Å². The molecule has 10 heteroatoms. The molecule has 0 bridgehead atoms. The topological polar surface area (TPSA) is 99.4 Å². The second kappa shape index (κ2) is 10.4. The van der Waals surface area contributed by atoms with E-state index in [1.54, 1.807) is 25.1 Å². The van der Waals surface area contributed by atoms with Gasteiger partial charge >= 0.3 is 11.9 Å². The highest BCUT2D eigenvalue weighted by molar-refractivity contribution is 7.07. The van der Waals surface area contributed by atoms with E-state index >= 15 is 0 Å². The highest BCUT2D eigenvalue weighted by atomic mass is 32.1. The quantitative estimate of drug-likeness (QED) is 0.363. The summed E-state index contributed by atoms with van der Waals surface area (Å²) in [7, 11) is 6.65. The number of aromatic nitrogens is 1. The molecule has 0 saturated heterocycles. The number of carbonyl (C=O) groups excluding carboxylic acids is 2. The predicted molar refractivity (Wildman–Crippen MR) is 141 cm³/mol. The van der Waals surface area contributed by atoms with E-state index < -0.39 is 18.0 Å². The van der Waals surface area contributed by atoms with E-state index in [0.717, 1.165) is 11.3 Å². The largest absolute Gasteiger partial charge is 0.493 e. The lowest BCUT2D eigenvalue weighted by Crippen LogP contribution is -2.39. The third kappa shape index (κ3) is 5.05. The first-order valence-electron chi connectivity index (χ1n) is 11.4. The monoisotopic (exact) mass is 521 g/mol. The molecule has 0 radical (unpaired) electrons. The van der Waals surface area contributed by atoms with Crippen molar-refractivity contribution in [1.29, 1.82) is 0 Å². The number of hydrogen-bond acceptors (Lipinski definition) is 9. The van der Waals surface area contributed by atoms with Crippen molar-refractivity contribution in [2.75, 3.05) is 33.2 Å². The van der Waals surface area contributed by atoms with Crippen LogP contribution in [-0.4, -0.2) is 44.8 Å². The van der Waals surface area contributed by atoms with Gasteiger partial charge in [0.15, 0.2) is 16.3 Å². The van der Waals surface area contributed by atoms with Crippen molar-refractivity contribution in [3.05, 3.63) is 84.5 Å². The summed E-state index contributed by atoms with van der Waals surface area (Å²) in [6, 6.07) is 11.9. The van der Waals surface area contributed by atoms with E-state index in [0.29, 0.717) is 20.6 Å². The number of anilines is 1. The number of hydrogen-bond donors (Lipinski definition) is 0. The molecule has 0 saturated carbocycles. The Morgan fingerprint density at radius 2 is 1.78 bits per heavy atom. The van der Waals surface area contributed by atoms with Crippen LogP contribution in [0.4, 0.5) is 5.69 Å². The van der Waals surface area contributed by atoms with Crippen molar-refractivity contribution < 1.29 is 23.8 Å². The maximum Gasteiger partial charge on any atom is 0.338 e. The Kier molecular flexibility index (Phi) is 7.30. The molecule has 2 heterocycles. The van der Waals surface area contributed by atoms with Crippen LogP contribution in [0, 0.1) is 0 Å². The lowest BCUT2D eigenvalue weighted by Gasteiger charge is -2.25. The molecule has 0 spiro atoms. The molecule has 0 aliphatic carbocycles. The van der Waals surface area contributed by atoms with E-state index in [1.807, 2.05) is 49.3 Å². The number of carbonyl (C=O) groups is 2. The van der Waals surface area contributed by atoms with Crippen LogP contribution in [-0.2, 0) is 14.3 Å². The van der Waals surface area contributed by atoms with Crippen LogP contribution in [0.15, 0.2) is 63.5 Å². The van der Waals surface area contributed by atoms with Crippen LogP contribution in [0.2, 0.25) is 0 Å². The van der Waals surface area contributed by atoms with Gasteiger partial charge in [-0.25, -0.2) is 9.79 Å². The zero-order chi connectivity index (χ0) is 26.9. The van der Waals surface area contributed by atoms with Gasteiger partial charge < -0.3 is 19.1 Å². The average molecular weight is 522 g/mol. The summed E-state index contributed by atoms with van der Waals surface area (Å²) in [6.07, 6.45) is 1.81. The standard InChI is InChI=1S/C27H27N3O6S/c1-15-23(26(33)35-6)24(18-9-12-20(36-16(2)31)21(14-18)34-5)30-25(32)22(37-27(30)28-15)13-17-7-10-19(11-8-17)29(3)4/h7-14,24H,1-6H3/b22-13+. The molecule has 4 rings (SSSR count). The maximum absolute atomic E-state index is 13.7. The van der Waals surface area contributed by atoms with E-state index in [-0.39, 0.29) is 22.6 Å². The first-order chi connectivity index (χ1) is 17.6. The number of nitrogens with zero attached hydrogens (tertiary/aromatic N) is 3. The van der Waals surface area contributed by atoms with Crippen molar-refractivity contribution in [1.82, 2.24) is 4.57 Å². The molecule has 192 valence electrons. The summed E-state index contributed by atoms with van der Waals surface area (Å²) < 4.78 is 17.7. The van der Waals surface area contributed by atoms with Gasteiger partial charge in [-0.2, -0.15) is 0 Å². The molecule has 1 atom stereocenters. The summed E-state index contributed by atoms with van der Waals surface area (Å²) in [4.78, 5) is 45.1.